The van der Waals surface area contributed by atoms with Crippen molar-refractivity contribution >= 4 is 17.6 Å². The van der Waals surface area contributed by atoms with Gasteiger partial charge in [-0.05, 0) is 18.2 Å². The normalized spacial score (nSPS) is 19.1. The molecule has 1 atom stereocenters. The summed E-state index contributed by atoms with van der Waals surface area (Å²) in [6.07, 6.45) is 0.782. The maximum absolute atomic E-state index is 11.5. The van der Waals surface area contributed by atoms with E-state index in [9.17, 15) is 4.79 Å². The summed E-state index contributed by atoms with van der Waals surface area (Å²) in [4.78, 5) is 11.5. The van der Waals surface area contributed by atoms with E-state index in [1.807, 2.05) is 0 Å². The molecular weight excluding hydrogens is 244 g/mol. The van der Waals surface area contributed by atoms with Crippen molar-refractivity contribution in [3.8, 4) is 5.75 Å². The smallest absolute Gasteiger partial charge is 0.341 e. The van der Waals surface area contributed by atoms with E-state index in [1.165, 1.54) is 7.11 Å². The van der Waals surface area contributed by atoms with Crippen LogP contribution in [0.4, 0.5) is 0 Å². The molecule has 0 bridgehead atoms. The van der Waals surface area contributed by atoms with Crippen LogP contribution < -0.4 is 4.74 Å². The summed E-state index contributed by atoms with van der Waals surface area (Å²) in [5.74, 6) is 0.00966. The van der Waals surface area contributed by atoms with Gasteiger partial charge in [-0.2, -0.15) is 0 Å². The van der Waals surface area contributed by atoms with Crippen LogP contribution in [0.2, 0.25) is 5.02 Å². The van der Waals surface area contributed by atoms with Gasteiger partial charge in [0.1, 0.15) is 17.4 Å². The largest absolute Gasteiger partial charge is 0.487 e. The van der Waals surface area contributed by atoms with Crippen LogP contribution in [0.3, 0.4) is 0 Å². The third-order valence-corrected chi connectivity index (χ3v) is 2.77. The predicted molar refractivity (Wildman–Crippen MR) is 62.6 cm³/mol. The first kappa shape index (κ1) is 12.2. The standard InChI is InChI=1S/C12H13ClO4/c1-15-12(14)10-3-2-8(13)6-11(10)17-9-4-5-16-7-9/h2-3,6,9H,4-5,7H2,1H3. The zero-order chi connectivity index (χ0) is 12.3. The highest BCUT2D eigenvalue weighted by atomic mass is 35.5. The number of methoxy groups -OCH3 is 1. The summed E-state index contributed by atoms with van der Waals surface area (Å²) < 4.78 is 15.6. The molecule has 0 N–H and O–H groups in total. The average molecular weight is 257 g/mol. The lowest BCUT2D eigenvalue weighted by Gasteiger charge is -2.14. The van der Waals surface area contributed by atoms with Crippen LogP contribution >= 0.6 is 11.6 Å². The number of carbonyl (C=O) groups is 1. The summed E-state index contributed by atoms with van der Waals surface area (Å²) in [6.45, 7) is 1.21. The summed E-state index contributed by atoms with van der Waals surface area (Å²) in [6, 6.07) is 4.84. The first-order valence-corrected chi connectivity index (χ1v) is 5.71. The van der Waals surface area contributed by atoms with Gasteiger partial charge in [0.2, 0.25) is 0 Å². The molecule has 1 unspecified atom stereocenters. The average Bonchev–Trinajstić information content (AvgIpc) is 2.81. The molecule has 1 fully saturated rings. The van der Waals surface area contributed by atoms with E-state index in [-0.39, 0.29) is 6.10 Å². The first-order chi connectivity index (χ1) is 8.20. The molecule has 4 nitrogen and oxygen atoms in total. The second-order valence-electron chi connectivity index (χ2n) is 3.74. The Balaban J connectivity index is 2.22. The minimum Gasteiger partial charge on any atom is -0.487 e. The Morgan fingerprint density at radius 1 is 1.53 bits per heavy atom. The van der Waals surface area contributed by atoms with Gasteiger partial charge in [0, 0.05) is 11.4 Å². The summed E-state index contributed by atoms with van der Waals surface area (Å²) in [5.41, 5.74) is 0.379. The number of hydrogen-bond acceptors (Lipinski definition) is 4. The van der Waals surface area contributed by atoms with Crippen molar-refractivity contribution in [3.05, 3.63) is 28.8 Å². The molecule has 1 heterocycles. The molecule has 0 radical (unpaired) electrons. The van der Waals surface area contributed by atoms with Crippen LogP contribution in [0.5, 0.6) is 5.75 Å². The van der Waals surface area contributed by atoms with Crippen molar-refractivity contribution in [2.45, 2.75) is 12.5 Å². The fraction of sp³-hybridized carbons (Fsp3) is 0.417. The van der Waals surface area contributed by atoms with Gasteiger partial charge < -0.3 is 14.2 Å². The fourth-order valence-corrected chi connectivity index (χ4v) is 1.82. The molecule has 1 aromatic carbocycles. The minimum absolute atomic E-state index is 0.0307. The van der Waals surface area contributed by atoms with E-state index >= 15 is 0 Å². The lowest BCUT2D eigenvalue weighted by atomic mass is 10.2. The van der Waals surface area contributed by atoms with Crippen LogP contribution in [-0.4, -0.2) is 32.4 Å². The molecule has 1 aliphatic rings. The van der Waals surface area contributed by atoms with Gasteiger partial charge in [-0.1, -0.05) is 11.6 Å². The second-order valence-corrected chi connectivity index (χ2v) is 4.17. The Kier molecular flexibility index (Phi) is 3.86. The fourth-order valence-electron chi connectivity index (χ4n) is 1.66. The molecule has 92 valence electrons. The van der Waals surface area contributed by atoms with Crippen LogP contribution in [0.15, 0.2) is 18.2 Å². The Morgan fingerprint density at radius 3 is 3.00 bits per heavy atom. The maximum atomic E-state index is 11.5. The van der Waals surface area contributed by atoms with Gasteiger partial charge in [0.25, 0.3) is 0 Å². The molecule has 1 saturated heterocycles. The number of ether oxygens (including phenoxy) is 3. The third-order valence-electron chi connectivity index (χ3n) is 2.53. The highest BCUT2D eigenvalue weighted by molar-refractivity contribution is 6.30. The predicted octanol–water partition coefficient (Wildman–Crippen LogP) is 2.29. The van der Waals surface area contributed by atoms with E-state index in [0.717, 1.165) is 6.42 Å². The van der Waals surface area contributed by atoms with Gasteiger partial charge in [-0.25, -0.2) is 4.79 Å². The van der Waals surface area contributed by atoms with Crippen molar-refractivity contribution in [1.29, 1.82) is 0 Å². The highest BCUT2D eigenvalue weighted by Crippen LogP contribution is 2.26. The van der Waals surface area contributed by atoms with Gasteiger partial charge in [0.15, 0.2) is 0 Å². The van der Waals surface area contributed by atoms with E-state index in [4.69, 9.17) is 21.1 Å². The van der Waals surface area contributed by atoms with Crippen molar-refractivity contribution in [2.24, 2.45) is 0 Å². The first-order valence-electron chi connectivity index (χ1n) is 5.33. The molecular formula is C12H13ClO4. The van der Waals surface area contributed by atoms with Crippen LogP contribution in [0.1, 0.15) is 16.8 Å². The maximum Gasteiger partial charge on any atom is 0.341 e. The number of carbonyl (C=O) groups excluding carboxylic acids is 1. The van der Waals surface area contributed by atoms with Crippen LogP contribution in [0.25, 0.3) is 0 Å². The Labute approximate surface area is 104 Å². The quantitative estimate of drug-likeness (QED) is 0.779. The Hall–Kier alpha value is -1.26. The number of rotatable bonds is 3. The van der Waals surface area contributed by atoms with E-state index in [1.54, 1.807) is 18.2 Å². The topological polar surface area (TPSA) is 44.8 Å². The van der Waals surface area contributed by atoms with Crippen LogP contribution in [-0.2, 0) is 9.47 Å². The number of benzene rings is 1. The Bertz CT molecular complexity index is 413. The SMILES string of the molecule is COC(=O)c1ccc(Cl)cc1OC1CCOC1. The van der Waals surface area contributed by atoms with Gasteiger partial charge >= 0.3 is 5.97 Å². The monoisotopic (exact) mass is 256 g/mol. The zero-order valence-electron chi connectivity index (χ0n) is 9.44. The molecule has 17 heavy (non-hydrogen) atoms. The number of halogens is 1. The second kappa shape index (κ2) is 5.38. The number of hydrogen-bond donors (Lipinski definition) is 0. The number of esters is 1. The lowest BCUT2D eigenvalue weighted by Crippen LogP contribution is -2.17. The molecule has 0 aliphatic carbocycles. The van der Waals surface area contributed by atoms with Crippen LogP contribution in [0, 0.1) is 0 Å². The van der Waals surface area contributed by atoms with Crippen molar-refractivity contribution < 1.29 is 19.0 Å². The van der Waals surface area contributed by atoms with Gasteiger partial charge in [-0.3, -0.25) is 0 Å². The summed E-state index contributed by atoms with van der Waals surface area (Å²) in [5, 5.41) is 0.520. The van der Waals surface area contributed by atoms with Crippen molar-refractivity contribution in [1.82, 2.24) is 0 Å². The van der Waals surface area contributed by atoms with Crippen molar-refractivity contribution in [3.63, 3.8) is 0 Å². The van der Waals surface area contributed by atoms with E-state index in [0.29, 0.717) is 29.5 Å². The highest BCUT2D eigenvalue weighted by Gasteiger charge is 2.21. The molecule has 0 amide bonds. The van der Waals surface area contributed by atoms with E-state index in [2.05, 4.69) is 4.74 Å². The zero-order valence-corrected chi connectivity index (χ0v) is 10.2. The minimum atomic E-state index is -0.435. The Morgan fingerprint density at radius 2 is 2.35 bits per heavy atom. The third kappa shape index (κ3) is 2.90. The molecule has 0 aromatic heterocycles. The van der Waals surface area contributed by atoms with Gasteiger partial charge in [-0.15, -0.1) is 0 Å². The molecule has 0 saturated carbocycles. The molecule has 5 heteroatoms. The molecule has 1 aliphatic heterocycles. The molecule has 2 rings (SSSR count). The summed E-state index contributed by atoms with van der Waals surface area (Å²) >= 11 is 5.89. The lowest BCUT2D eigenvalue weighted by molar-refractivity contribution is 0.0591. The van der Waals surface area contributed by atoms with Gasteiger partial charge in [0.05, 0.1) is 20.3 Å². The molecule has 0 spiro atoms. The molecule has 1 aromatic rings. The summed E-state index contributed by atoms with van der Waals surface area (Å²) in [7, 11) is 1.33. The van der Waals surface area contributed by atoms with Crippen molar-refractivity contribution in [2.75, 3.05) is 20.3 Å². The van der Waals surface area contributed by atoms with E-state index < -0.39 is 5.97 Å².